The van der Waals surface area contributed by atoms with E-state index in [1.165, 1.54) is 0 Å². The summed E-state index contributed by atoms with van der Waals surface area (Å²) in [6.07, 6.45) is 4.56. The number of aromatic nitrogens is 7. The molecule has 5 rings (SSSR count). The van der Waals surface area contributed by atoms with Gasteiger partial charge >= 0.3 is 0 Å². The summed E-state index contributed by atoms with van der Waals surface area (Å²) in [4.78, 5) is 11.7. The van der Waals surface area contributed by atoms with Gasteiger partial charge in [0.15, 0.2) is 11.6 Å². The number of hydrogen-bond donors (Lipinski definition) is 3. The van der Waals surface area contributed by atoms with E-state index in [0.29, 0.717) is 18.1 Å². The Hall–Kier alpha value is -3.78. The first-order valence-electron chi connectivity index (χ1n) is 8.89. The Morgan fingerprint density at radius 2 is 1.96 bits per heavy atom. The summed E-state index contributed by atoms with van der Waals surface area (Å²) >= 11 is 0. The molecule has 0 fully saturated rings. The van der Waals surface area contributed by atoms with Crippen molar-refractivity contribution in [2.75, 3.05) is 0 Å². The zero-order valence-electron chi connectivity index (χ0n) is 14.8. The normalized spacial score (nSPS) is 12.5. The van der Waals surface area contributed by atoms with Crippen LogP contribution < -0.4 is 0 Å². The number of H-pyrrole nitrogens is 2. The van der Waals surface area contributed by atoms with Crippen LogP contribution in [0, 0.1) is 0 Å². The molecular formula is C20H17N7O. The highest BCUT2D eigenvalue weighted by molar-refractivity contribution is 5.80. The number of aliphatic hydroxyl groups is 1. The predicted molar refractivity (Wildman–Crippen MR) is 104 cm³/mol. The van der Waals surface area contributed by atoms with Crippen molar-refractivity contribution in [3.63, 3.8) is 0 Å². The molecule has 0 bridgehead atoms. The molecule has 0 radical (unpaired) electrons. The quantitative estimate of drug-likeness (QED) is 0.440. The minimum atomic E-state index is -0.842. The van der Waals surface area contributed by atoms with Crippen molar-refractivity contribution in [3.8, 4) is 17.1 Å². The van der Waals surface area contributed by atoms with Crippen molar-refractivity contribution in [1.82, 2.24) is 34.9 Å². The first-order valence-corrected chi connectivity index (χ1v) is 8.89. The number of rotatable bonds is 5. The maximum Gasteiger partial charge on any atom is 0.181 e. The average Bonchev–Trinajstić information content (AvgIpc) is 3.48. The van der Waals surface area contributed by atoms with E-state index in [-0.39, 0.29) is 0 Å². The summed E-state index contributed by atoms with van der Waals surface area (Å²) in [6.45, 7) is 0. The van der Waals surface area contributed by atoms with E-state index >= 15 is 0 Å². The van der Waals surface area contributed by atoms with Gasteiger partial charge in [-0.15, -0.1) is 5.10 Å². The number of benzene rings is 2. The van der Waals surface area contributed by atoms with Crippen LogP contribution in [0.15, 0.2) is 67.3 Å². The third kappa shape index (κ3) is 2.95. The van der Waals surface area contributed by atoms with E-state index in [4.69, 9.17) is 0 Å². The van der Waals surface area contributed by atoms with E-state index in [2.05, 4.69) is 30.2 Å². The minimum absolute atomic E-state index is 0.362. The average molecular weight is 371 g/mol. The van der Waals surface area contributed by atoms with Gasteiger partial charge in [-0.2, -0.15) is 5.10 Å². The molecule has 0 saturated carbocycles. The fourth-order valence-corrected chi connectivity index (χ4v) is 3.20. The van der Waals surface area contributed by atoms with E-state index < -0.39 is 6.10 Å². The molecule has 3 aromatic heterocycles. The van der Waals surface area contributed by atoms with E-state index in [9.17, 15) is 5.11 Å². The van der Waals surface area contributed by atoms with Gasteiger partial charge in [0.1, 0.15) is 6.10 Å². The lowest BCUT2D eigenvalue weighted by Crippen LogP contribution is -2.11. The van der Waals surface area contributed by atoms with Gasteiger partial charge in [0, 0.05) is 29.3 Å². The van der Waals surface area contributed by atoms with Crippen molar-refractivity contribution in [2.24, 2.45) is 0 Å². The van der Waals surface area contributed by atoms with Crippen LogP contribution >= 0.6 is 0 Å². The Kier molecular flexibility index (Phi) is 3.95. The van der Waals surface area contributed by atoms with Crippen LogP contribution in [0.3, 0.4) is 0 Å². The molecule has 0 saturated heterocycles. The van der Waals surface area contributed by atoms with Crippen LogP contribution in [0.5, 0.6) is 0 Å². The van der Waals surface area contributed by atoms with Crippen LogP contribution in [0.4, 0.5) is 0 Å². The molecule has 2 aromatic carbocycles. The Morgan fingerprint density at radius 3 is 2.79 bits per heavy atom. The number of hydrogen-bond acceptors (Lipinski definition) is 5. The maximum atomic E-state index is 10.9. The number of nitrogens with zero attached hydrogens (tertiary/aromatic N) is 5. The molecule has 8 nitrogen and oxygen atoms in total. The molecule has 0 aliphatic rings. The van der Waals surface area contributed by atoms with Gasteiger partial charge in [-0.1, -0.05) is 30.3 Å². The standard InChI is InChI=1S/C20H17N7O/c28-18(9-15-11-21-12-22-15)20-24-19(13-4-2-1-3-5-13)26-27(20)16-6-7-17-14(8-16)10-23-25-17/h1-8,10-12,18,28H,9H2,(H,21,22)(H,23,25)/t18-/m1/s1. The second-order valence-electron chi connectivity index (χ2n) is 6.51. The second-order valence-corrected chi connectivity index (χ2v) is 6.51. The van der Waals surface area contributed by atoms with Crippen molar-refractivity contribution >= 4 is 10.9 Å². The van der Waals surface area contributed by atoms with Crippen LogP contribution in [-0.4, -0.2) is 40.0 Å². The Bertz CT molecular complexity index is 1210. The monoisotopic (exact) mass is 371 g/mol. The Labute approximate surface area is 159 Å². The SMILES string of the molecule is O[C@H](Cc1cnc[nH]1)c1nc(-c2ccccc2)nn1-c1ccc2[nH]ncc2c1. The maximum absolute atomic E-state index is 10.9. The summed E-state index contributed by atoms with van der Waals surface area (Å²) in [6, 6.07) is 15.6. The highest BCUT2D eigenvalue weighted by Crippen LogP contribution is 2.25. The lowest BCUT2D eigenvalue weighted by atomic mass is 10.2. The van der Waals surface area contributed by atoms with Crippen molar-refractivity contribution < 1.29 is 5.11 Å². The summed E-state index contributed by atoms with van der Waals surface area (Å²) in [5.41, 5.74) is 3.46. The zero-order chi connectivity index (χ0) is 18.9. The topological polar surface area (TPSA) is 108 Å². The molecule has 3 N–H and O–H groups in total. The molecule has 138 valence electrons. The van der Waals surface area contributed by atoms with Crippen molar-refractivity contribution in [1.29, 1.82) is 0 Å². The van der Waals surface area contributed by atoms with E-state index in [1.807, 2.05) is 48.5 Å². The third-order valence-electron chi connectivity index (χ3n) is 4.60. The van der Waals surface area contributed by atoms with Crippen molar-refractivity contribution in [3.05, 3.63) is 78.8 Å². The number of imidazole rings is 1. The molecule has 0 spiro atoms. The lowest BCUT2D eigenvalue weighted by molar-refractivity contribution is 0.164. The Balaban J connectivity index is 1.61. The van der Waals surface area contributed by atoms with Crippen LogP contribution in [0.2, 0.25) is 0 Å². The minimum Gasteiger partial charge on any atom is -0.385 e. The van der Waals surface area contributed by atoms with Gasteiger partial charge in [0.2, 0.25) is 0 Å². The van der Waals surface area contributed by atoms with Gasteiger partial charge in [-0.25, -0.2) is 14.6 Å². The lowest BCUT2D eigenvalue weighted by Gasteiger charge is -2.11. The van der Waals surface area contributed by atoms with Gasteiger partial charge < -0.3 is 10.1 Å². The third-order valence-corrected chi connectivity index (χ3v) is 4.60. The van der Waals surface area contributed by atoms with Gasteiger partial charge in [-0.3, -0.25) is 5.10 Å². The number of nitrogens with one attached hydrogen (secondary N) is 2. The number of fused-ring (bicyclic) bond motifs is 1. The molecule has 1 atom stereocenters. The van der Waals surface area contributed by atoms with E-state index in [0.717, 1.165) is 27.8 Å². The molecule has 0 aliphatic carbocycles. The summed E-state index contributed by atoms with van der Waals surface area (Å²) in [5, 5.41) is 23.5. The number of aliphatic hydroxyl groups excluding tert-OH is 1. The molecule has 8 heteroatoms. The molecule has 0 amide bonds. The first kappa shape index (κ1) is 16.4. The predicted octanol–water partition coefficient (Wildman–Crippen LogP) is 2.81. The van der Waals surface area contributed by atoms with Crippen LogP contribution in [-0.2, 0) is 6.42 Å². The molecule has 5 aromatic rings. The molecular weight excluding hydrogens is 354 g/mol. The van der Waals surface area contributed by atoms with Crippen LogP contribution in [0.1, 0.15) is 17.6 Å². The number of aromatic amines is 2. The van der Waals surface area contributed by atoms with Gasteiger partial charge in [0.25, 0.3) is 0 Å². The summed E-state index contributed by atoms with van der Waals surface area (Å²) < 4.78 is 1.69. The van der Waals surface area contributed by atoms with E-state index in [1.54, 1.807) is 23.4 Å². The molecule has 3 heterocycles. The van der Waals surface area contributed by atoms with Crippen molar-refractivity contribution in [2.45, 2.75) is 12.5 Å². The van der Waals surface area contributed by atoms with Gasteiger partial charge in [0.05, 0.1) is 23.7 Å². The Morgan fingerprint density at radius 1 is 1.07 bits per heavy atom. The largest absolute Gasteiger partial charge is 0.385 e. The molecule has 28 heavy (non-hydrogen) atoms. The highest BCUT2D eigenvalue weighted by Gasteiger charge is 2.21. The molecule has 0 aliphatic heterocycles. The van der Waals surface area contributed by atoms with Crippen LogP contribution in [0.25, 0.3) is 28.0 Å². The fraction of sp³-hybridized carbons (Fsp3) is 0.100. The summed E-state index contributed by atoms with van der Waals surface area (Å²) in [5.74, 6) is 1.03. The highest BCUT2D eigenvalue weighted by atomic mass is 16.3. The molecule has 0 unspecified atom stereocenters. The fourth-order valence-electron chi connectivity index (χ4n) is 3.20. The first-order chi connectivity index (χ1) is 13.8. The zero-order valence-corrected chi connectivity index (χ0v) is 14.8. The van der Waals surface area contributed by atoms with Gasteiger partial charge in [-0.05, 0) is 18.2 Å². The summed E-state index contributed by atoms with van der Waals surface area (Å²) in [7, 11) is 0. The second kappa shape index (κ2) is 6.75. The smallest absolute Gasteiger partial charge is 0.181 e.